The average molecular weight is 357 g/mol. The van der Waals surface area contributed by atoms with Crippen molar-refractivity contribution in [2.75, 3.05) is 18.2 Å². The Bertz CT molecular complexity index is 1010. The molecule has 27 heavy (non-hydrogen) atoms. The van der Waals surface area contributed by atoms with Crippen molar-refractivity contribution < 1.29 is 14.6 Å². The number of hydrogen-bond acceptors (Lipinski definition) is 4. The van der Waals surface area contributed by atoms with Gasteiger partial charge in [-0.1, -0.05) is 30.3 Å². The van der Waals surface area contributed by atoms with Crippen molar-refractivity contribution in [2.45, 2.75) is 6.54 Å². The van der Waals surface area contributed by atoms with E-state index in [0.717, 1.165) is 46.0 Å². The lowest BCUT2D eigenvalue weighted by atomic mass is 9.98. The second-order valence-electron chi connectivity index (χ2n) is 6.81. The smallest absolute Gasteiger partial charge is 0.161 e. The first-order chi connectivity index (χ1) is 13.3. The van der Waals surface area contributed by atoms with E-state index in [1.54, 1.807) is 12.1 Å². The van der Waals surface area contributed by atoms with Crippen molar-refractivity contribution in [3.8, 4) is 17.2 Å². The van der Waals surface area contributed by atoms with Crippen LogP contribution < -0.4 is 14.4 Å². The predicted octanol–water partition coefficient (Wildman–Crippen LogP) is 4.68. The SMILES string of the molecule is Oc1ccc(C2=Cc3cc4c(cc3OC2)OCN(c2ccccc2)C4)cc1. The van der Waals surface area contributed by atoms with Gasteiger partial charge in [-0.25, -0.2) is 0 Å². The van der Waals surface area contributed by atoms with E-state index in [2.05, 4.69) is 29.2 Å². The van der Waals surface area contributed by atoms with Crippen LogP contribution in [0.1, 0.15) is 16.7 Å². The Morgan fingerprint density at radius 2 is 1.67 bits per heavy atom. The molecular weight excluding hydrogens is 338 g/mol. The molecule has 0 spiro atoms. The van der Waals surface area contributed by atoms with Crippen LogP contribution >= 0.6 is 0 Å². The van der Waals surface area contributed by atoms with Crippen molar-refractivity contribution in [1.82, 2.24) is 0 Å². The quantitative estimate of drug-likeness (QED) is 0.723. The van der Waals surface area contributed by atoms with Crippen LogP contribution in [-0.2, 0) is 6.54 Å². The van der Waals surface area contributed by atoms with Gasteiger partial charge in [-0.2, -0.15) is 0 Å². The molecule has 4 heteroatoms. The van der Waals surface area contributed by atoms with Gasteiger partial charge < -0.3 is 19.5 Å². The van der Waals surface area contributed by atoms with Crippen LogP contribution in [0.2, 0.25) is 0 Å². The minimum atomic E-state index is 0.267. The lowest BCUT2D eigenvalue weighted by Crippen LogP contribution is -2.31. The maximum atomic E-state index is 9.49. The van der Waals surface area contributed by atoms with Gasteiger partial charge in [-0.3, -0.25) is 0 Å². The van der Waals surface area contributed by atoms with E-state index in [4.69, 9.17) is 9.47 Å². The van der Waals surface area contributed by atoms with Gasteiger partial charge in [0.15, 0.2) is 6.73 Å². The van der Waals surface area contributed by atoms with Gasteiger partial charge in [0.05, 0.1) is 0 Å². The third-order valence-corrected chi connectivity index (χ3v) is 5.00. The highest BCUT2D eigenvalue weighted by Gasteiger charge is 2.22. The average Bonchev–Trinajstić information content (AvgIpc) is 2.72. The van der Waals surface area contributed by atoms with Crippen LogP contribution in [0.5, 0.6) is 17.2 Å². The predicted molar refractivity (Wildman–Crippen MR) is 106 cm³/mol. The number of rotatable bonds is 2. The summed E-state index contributed by atoms with van der Waals surface area (Å²) in [5, 5.41) is 9.49. The molecule has 0 aliphatic carbocycles. The molecule has 0 bridgehead atoms. The van der Waals surface area contributed by atoms with E-state index in [1.807, 2.05) is 36.4 Å². The molecule has 4 nitrogen and oxygen atoms in total. The van der Waals surface area contributed by atoms with Crippen LogP contribution in [-0.4, -0.2) is 18.4 Å². The summed E-state index contributed by atoms with van der Waals surface area (Å²) in [6, 6.07) is 21.7. The molecule has 0 unspecified atom stereocenters. The first-order valence-electron chi connectivity index (χ1n) is 8.99. The Kier molecular flexibility index (Phi) is 3.75. The van der Waals surface area contributed by atoms with Crippen LogP contribution in [0.4, 0.5) is 5.69 Å². The van der Waals surface area contributed by atoms with Crippen molar-refractivity contribution in [2.24, 2.45) is 0 Å². The monoisotopic (exact) mass is 357 g/mol. The summed E-state index contributed by atoms with van der Waals surface area (Å²) in [5.41, 5.74) is 5.51. The van der Waals surface area contributed by atoms with Crippen molar-refractivity contribution >= 4 is 17.3 Å². The summed E-state index contributed by atoms with van der Waals surface area (Å²) >= 11 is 0. The molecule has 5 rings (SSSR count). The molecule has 0 saturated heterocycles. The van der Waals surface area contributed by atoms with E-state index in [1.165, 1.54) is 0 Å². The molecule has 0 atom stereocenters. The molecule has 2 aliphatic rings. The summed E-state index contributed by atoms with van der Waals surface area (Å²) in [6.45, 7) is 1.84. The minimum Gasteiger partial charge on any atom is -0.508 e. The number of phenolic OH excluding ortho intramolecular Hbond substituents is 1. The van der Waals surface area contributed by atoms with Crippen LogP contribution in [0.25, 0.3) is 11.6 Å². The number of fused-ring (bicyclic) bond motifs is 2. The fraction of sp³-hybridized carbons (Fsp3) is 0.130. The standard InChI is InChI=1S/C23H19NO3/c25-21-8-6-16(7-9-21)19-11-17-10-18-13-24(20-4-2-1-3-5-20)15-27-23(18)12-22(17)26-14-19/h1-12,25H,13-15H2. The number of benzene rings is 3. The number of ether oxygens (including phenoxy) is 2. The van der Waals surface area contributed by atoms with E-state index in [0.29, 0.717) is 13.3 Å². The molecule has 0 saturated carbocycles. The zero-order chi connectivity index (χ0) is 18.2. The number of aromatic hydroxyl groups is 1. The Morgan fingerprint density at radius 1 is 0.852 bits per heavy atom. The molecule has 3 aromatic carbocycles. The maximum Gasteiger partial charge on any atom is 0.161 e. The van der Waals surface area contributed by atoms with Gasteiger partial charge in [0.2, 0.25) is 0 Å². The highest BCUT2D eigenvalue weighted by atomic mass is 16.5. The maximum absolute atomic E-state index is 9.49. The van der Waals surface area contributed by atoms with E-state index < -0.39 is 0 Å². The van der Waals surface area contributed by atoms with Gasteiger partial charge in [-0.15, -0.1) is 0 Å². The summed E-state index contributed by atoms with van der Waals surface area (Å²) in [7, 11) is 0. The Labute approximate surface area is 157 Å². The van der Waals surface area contributed by atoms with E-state index in [9.17, 15) is 5.11 Å². The first kappa shape index (κ1) is 15.8. The lowest BCUT2D eigenvalue weighted by molar-refractivity contribution is 0.285. The lowest BCUT2D eigenvalue weighted by Gasteiger charge is -2.32. The number of para-hydroxylation sites is 1. The molecule has 2 aliphatic heterocycles. The Morgan fingerprint density at radius 3 is 2.48 bits per heavy atom. The summed E-state index contributed by atoms with van der Waals surface area (Å²) in [6.07, 6.45) is 2.16. The van der Waals surface area contributed by atoms with Crippen molar-refractivity contribution in [1.29, 1.82) is 0 Å². The molecule has 0 radical (unpaired) electrons. The molecule has 2 heterocycles. The zero-order valence-corrected chi connectivity index (χ0v) is 14.8. The Balaban J connectivity index is 1.47. The molecular formula is C23H19NO3. The fourth-order valence-electron chi connectivity index (χ4n) is 3.55. The van der Waals surface area contributed by atoms with Crippen molar-refractivity contribution in [3.05, 3.63) is 83.4 Å². The number of hydrogen-bond donors (Lipinski definition) is 1. The van der Waals surface area contributed by atoms with Crippen LogP contribution in [0, 0.1) is 0 Å². The normalized spacial score (nSPS) is 15.1. The van der Waals surface area contributed by atoms with Gasteiger partial charge in [0.25, 0.3) is 0 Å². The third kappa shape index (κ3) is 2.99. The number of phenols is 1. The van der Waals surface area contributed by atoms with Gasteiger partial charge in [0, 0.05) is 29.4 Å². The molecule has 1 N–H and O–H groups in total. The summed E-state index contributed by atoms with van der Waals surface area (Å²) < 4.78 is 12.0. The molecule has 0 fully saturated rings. The topological polar surface area (TPSA) is 41.9 Å². The Hall–Kier alpha value is -3.40. The van der Waals surface area contributed by atoms with Crippen molar-refractivity contribution in [3.63, 3.8) is 0 Å². The van der Waals surface area contributed by atoms with Crippen LogP contribution in [0.3, 0.4) is 0 Å². The minimum absolute atomic E-state index is 0.267. The summed E-state index contributed by atoms with van der Waals surface area (Å²) in [4.78, 5) is 2.21. The fourth-order valence-corrected chi connectivity index (χ4v) is 3.55. The zero-order valence-electron chi connectivity index (χ0n) is 14.8. The second-order valence-corrected chi connectivity index (χ2v) is 6.81. The number of anilines is 1. The molecule has 3 aromatic rings. The first-order valence-corrected chi connectivity index (χ1v) is 8.99. The second kappa shape index (κ2) is 6.40. The van der Waals surface area contributed by atoms with Gasteiger partial charge >= 0.3 is 0 Å². The van der Waals surface area contributed by atoms with Crippen LogP contribution in [0.15, 0.2) is 66.7 Å². The third-order valence-electron chi connectivity index (χ3n) is 5.00. The molecule has 0 aromatic heterocycles. The highest BCUT2D eigenvalue weighted by molar-refractivity contribution is 5.86. The molecule has 134 valence electrons. The highest BCUT2D eigenvalue weighted by Crippen LogP contribution is 2.38. The van der Waals surface area contributed by atoms with Gasteiger partial charge in [0.1, 0.15) is 23.9 Å². The molecule has 0 amide bonds. The van der Waals surface area contributed by atoms with Gasteiger partial charge in [-0.05, 0) is 47.5 Å². The summed E-state index contributed by atoms with van der Waals surface area (Å²) in [5.74, 6) is 2.01. The largest absolute Gasteiger partial charge is 0.508 e. The van der Waals surface area contributed by atoms with E-state index >= 15 is 0 Å². The number of nitrogens with zero attached hydrogens (tertiary/aromatic N) is 1. The van der Waals surface area contributed by atoms with E-state index in [-0.39, 0.29) is 5.75 Å².